The number of halogens is 12. The average Bonchev–Trinajstić information content (AvgIpc) is 2.88. The molecule has 0 amide bonds. The van der Waals surface area contributed by atoms with Crippen molar-refractivity contribution >= 4 is 21.8 Å². The molecule has 1 heterocycles. The van der Waals surface area contributed by atoms with Crippen LogP contribution in [0.4, 0.5) is 52.7 Å². The fourth-order valence-corrected chi connectivity index (χ4v) is 3.05. The molecule has 0 atom stereocenters. The van der Waals surface area contributed by atoms with Crippen molar-refractivity contribution in [2.24, 2.45) is 0 Å². The van der Waals surface area contributed by atoms with E-state index in [1.54, 1.807) is 0 Å². The molecule has 0 radical (unpaired) electrons. The van der Waals surface area contributed by atoms with Gasteiger partial charge in [0.05, 0.1) is 33.3 Å². The van der Waals surface area contributed by atoms with Crippen molar-refractivity contribution in [3.63, 3.8) is 0 Å². The number of aromatic nitrogens is 1. The van der Waals surface area contributed by atoms with Crippen LogP contribution in [0.2, 0.25) is 0 Å². The summed E-state index contributed by atoms with van der Waals surface area (Å²) in [5.41, 5.74) is -10.6. The summed E-state index contributed by atoms with van der Waals surface area (Å²) in [6.45, 7) is 0. The largest absolute Gasteiger partial charge is 0.418 e. The van der Waals surface area contributed by atoms with Crippen molar-refractivity contribution in [3.8, 4) is 0 Å². The van der Waals surface area contributed by atoms with Crippen LogP contribution in [0.3, 0.4) is 0 Å². The number of hydrogen-bond donors (Lipinski definition) is 1. The maximum Gasteiger partial charge on any atom is 0.418 e. The third-order valence-electron chi connectivity index (χ3n) is 4.13. The van der Waals surface area contributed by atoms with E-state index in [0.29, 0.717) is 0 Å². The van der Waals surface area contributed by atoms with E-state index < -0.39 is 68.8 Å². The van der Waals surface area contributed by atoms with Gasteiger partial charge in [0.2, 0.25) is 0 Å². The number of nitrogens with one attached hydrogen (secondary N) is 1. The van der Waals surface area contributed by atoms with Crippen molar-refractivity contribution in [2.45, 2.75) is 24.7 Å². The highest BCUT2D eigenvalue weighted by molar-refractivity contribution is 6.13. The Labute approximate surface area is 151 Å². The first-order valence-electron chi connectivity index (χ1n) is 7.34. The van der Waals surface area contributed by atoms with Gasteiger partial charge in [-0.05, 0) is 24.3 Å². The van der Waals surface area contributed by atoms with Crippen molar-refractivity contribution in [2.75, 3.05) is 0 Å². The summed E-state index contributed by atoms with van der Waals surface area (Å²) in [5.74, 6) is 0. The zero-order chi connectivity index (χ0) is 22.2. The molecule has 158 valence electrons. The topological polar surface area (TPSA) is 15.8 Å². The van der Waals surface area contributed by atoms with Gasteiger partial charge in [-0.2, -0.15) is 52.7 Å². The Kier molecular flexibility index (Phi) is 4.33. The van der Waals surface area contributed by atoms with Crippen LogP contribution >= 0.6 is 0 Å². The van der Waals surface area contributed by atoms with E-state index in [4.69, 9.17) is 0 Å². The number of hydrogen-bond acceptors (Lipinski definition) is 0. The minimum absolute atomic E-state index is 0.0545. The van der Waals surface area contributed by atoms with Crippen LogP contribution < -0.4 is 0 Å². The summed E-state index contributed by atoms with van der Waals surface area (Å²) in [7, 11) is 0. The van der Waals surface area contributed by atoms with Gasteiger partial charge in [-0.15, -0.1) is 0 Å². The molecule has 3 aromatic rings. The normalized spacial score (nSPS) is 14.2. The van der Waals surface area contributed by atoms with Gasteiger partial charge >= 0.3 is 24.7 Å². The summed E-state index contributed by atoms with van der Waals surface area (Å²) >= 11 is 0. The van der Waals surface area contributed by atoms with E-state index >= 15 is 0 Å². The molecule has 2 aromatic carbocycles. The van der Waals surface area contributed by atoms with Crippen LogP contribution in [0.25, 0.3) is 21.8 Å². The summed E-state index contributed by atoms with van der Waals surface area (Å²) < 4.78 is 159. The fraction of sp³-hybridized carbons (Fsp3) is 0.250. The summed E-state index contributed by atoms with van der Waals surface area (Å²) in [6, 6.07) is -0.334. The van der Waals surface area contributed by atoms with Crippen LogP contribution in [-0.2, 0) is 24.7 Å². The smallest absolute Gasteiger partial charge is 0.353 e. The molecule has 0 fully saturated rings. The molecule has 0 bridgehead atoms. The Morgan fingerprint density at radius 1 is 0.414 bits per heavy atom. The Morgan fingerprint density at radius 2 is 0.655 bits per heavy atom. The van der Waals surface area contributed by atoms with Gasteiger partial charge in [-0.25, -0.2) is 0 Å². The Morgan fingerprint density at radius 3 is 0.897 bits per heavy atom. The van der Waals surface area contributed by atoms with Gasteiger partial charge < -0.3 is 4.98 Å². The van der Waals surface area contributed by atoms with E-state index in [1.807, 2.05) is 0 Å². The molecule has 13 heteroatoms. The molecular weight excluding hydrogens is 434 g/mol. The first-order chi connectivity index (χ1) is 12.9. The van der Waals surface area contributed by atoms with Gasteiger partial charge in [0.15, 0.2) is 0 Å². The van der Waals surface area contributed by atoms with Crippen LogP contribution in [0.1, 0.15) is 22.3 Å². The standard InChI is InChI=1S/C16H5F12N/c17-13(18,19)5-1-3-7(15(23,24)25)11-9(5)10-6(14(20,21)22)2-4-8(12(10)29-11)16(26,27)28/h1-4,29H. The monoisotopic (exact) mass is 439 g/mol. The Hall–Kier alpha value is -2.60. The molecule has 1 aromatic heterocycles. The Bertz CT molecular complexity index is 1010. The first-order valence-corrected chi connectivity index (χ1v) is 7.34. The highest BCUT2D eigenvalue weighted by Crippen LogP contribution is 2.49. The van der Waals surface area contributed by atoms with E-state index in [2.05, 4.69) is 0 Å². The van der Waals surface area contributed by atoms with Gasteiger partial charge in [0.25, 0.3) is 0 Å². The van der Waals surface area contributed by atoms with Crippen LogP contribution in [0.5, 0.6) is 0 Å². The lowest BCUT2D eigenvalue weighted by molar-refractivity contribution is -0.140. The molecule has 0 saturated carbocycles. The maximum absolute atomic E-state index is 13.3. The molecule has 0 spiro atoms. The number of aromatic amines is 1. The fourth-order valence-electron chi connectivity index (χ4n) is 3.05. The van der Waals surface area contributed by atoms with Gasteiger partial charge in [-0.3, -0.25) is 0 Å². The highest BCUT2D eigenvalue weighted by Gasteiger charge is 2.44. The maximum atomic E-state index is 13.3. The molecule has 0 saturated heterocycles. The molecule has 1 nitrogen and oxygen atoms in total. The lowest BCUT2D eigenvalue weighted by Crippen LogP contribution is -2.12. The predicted molar refractivity (Wildman–Crippen MR) is 75.8 cm³/mol. The molecule has 0 aliphatic carbocycles. The molecule has 0 aliphatic rings. The number of fused-ring (bicyclic) bond motifs is 3. The molecule has 0 aliphatic heterocycles. The summed E-state index contributed by atoms with van der Waals surface area (Å²) in [4.78, 5) is 1.51. The third-order valence-corrected chi connectivity index (χ3v) is 4.13. The average molecular weight is 439 g/mol. The minimum Gasteiger partial charge on any atom is -0.353 e. The third kappa shape index (κ3) is 3.46. The van der Waals surface area contributed by atoms with Gasteiger partial charge in [0, 0.05) is 10.8 Å². The van der Waals surface area contributed by atoms with E-state index in [-0.39, 0.29) is 24.3 Å². The number of benzene rings is 2. The van der Waals surface area contributed by atoms with Crippen molar-refractivity contribution in [1.29, 1.82) is 0 Å². The van der Waals surface area contributed by atoms with Crippen molar-refractivity contribution in [3.05, 3.63) is 46.5 Å². The van der Waals surface area contributed by atoms with E-state index in [1.165, 1.54) is 4.98 Å². The zero-order valence-corrected chi connectivity index (χ0v) is 13.3. The van der Waals surface area contributed by atoms with Crippen LogP contribution in [0.15, 0.2) is 24.3 Å². The Balaban J connectivity index is 2.70. The minimum atomic E-state index is -5.44. The highest BCUT2D eigenvalue weighted by atomic mass is 19.4. The van der Waals surface area contributed by atoms with E-state index in [0.717, 1.165) is 0 Å². The van der Waals surface area contributed by atoms with Gasteiger partial charge in [0.1, 0.15) is 0 Å². The molecule has 29 heavy (non-hydrogen) atoms. The second-order valence-corrected chi connectivity index (χ2v) is 5.94. The predicted octanol–water partition coefficient (Wildman–Crippen LogP) is 7.40. The van der Waals surface area contributed by atoms with Crippen LogP contribution in [-0.4, -0.2) is 4.98 Å². The lowest BCUT2D eigenvalue weighted by atomic mass is 9.97. The molecule has 3 rings (SSSR count). The molecule has 0 unspecified atom stereocenters. The lowest BCUT2D eigenvalue weighted by Gasteiger charge is -2.15. The van der Waals surface area contributed by atoms with Gasteiger partial charge in [-0.1, -0.05) is 0 Å². The number of H-pyrrole nitrogens is 1. The number of alkyl halides is 12. The first kappa shape index (κ1) is 21.1. The quantitative estimate of drug-likeness (QED) is 0.352. The zero-order valence-electron chi connectivity index (χ0n) is 13.3. The summed E-state index contributed by atoms with van der Waals surface area (Å²) in [6.07, 6.45) is -21.6. The molecular formula is C16H5F12N. The van der Waals surface area contributed by atoms with Crippen LogP contribution in [0, 0.1) is 0 Å². The summed E-state index contributed by atoms with van der Waals surface area (Å²) in [5, 5.41) is -3.28. The van der Waals surface area contributed by atoms with E-state index in [9.17, 15) is 52.7 Å². The second-order valence-electron chi connectivity index (χ2n) is 5.94. The second kappa shape index (κ2) is 5.95. The molecule has 1 N–H and O–H groups in total. The van der Waals surface area contributed by atoms with Crippen molar-refractivity contribution < 1.29 is 52.7 Å². The SMILES string of the molecule is FC(F)(F)c1ccc(C(F)(F)F)c2c1[nH]c1c(C(F)(F)F)ccc(C(F)(F)F)c12. The van der Waals surface area contributed by atoms with Crippen molar-refractivity contribution in [1.82, 2.24) is 4.98 Å². The number of rotatable bonds is 0.